The van der Waals surface area contributed by atoms with E-state index in [-0.39, 0.29) is 0 Å². The number of nitrogens with one attached hydrogen (secondary N) is 1. The first-order valence-corrected chi connectivity index (χ1v) is 3.76. The molecule has 0 unspecified atom stereocenters. The van der Waals surface area contributed by atoms with Gasteiger partial charge in [-0.3, -0.25) is 9.80 Å². The summed E-state index contributed by atoms with van der Waals surface area (Å²) in [5.74, 6) is -0.477. The van der Waals surface area contributed by atoms with E-state index < -0.39 is 11.6 Å². The minimum atomic E-state index is -1.75. The van der Waals surface area contributed by atoms with Gasteiger partial charge in [0.2, 0.25) is 0 Å². The molecule has 0 atom stereocenters. The molecule has 0 spiro atoms. The Balaban J connectivity index is 2.53. The molecule has 0 aromatic carbocycles. The molecule has 0 bridgehead atoms. The Labute approximate surface area is 65.5 Å². The molecule has 1 N–H and O–H groups in total. The van der Waals surface area contributed by atoms with Crippen LogP contribution in [0.15, 0.2) is 0 Å². The summed E-state index contributed by atoms with van der Waals surface area (Å²) in [5.41, 5.74) is 1.05. The zero-order chi connectivity index (χ0) is 8.48. The van der Waals surface area contributed by atoms with Gasteiger partial charge in [0.05, 0.1) is 0 Å². The van der Waals surface area contributed by atoms with Crippen molar-refractivity contribution in [2.75, 3.05) is 13.1 Å². The average molecular weight is 160 g/mol. The van der Waals surface area contributed by atoms with E-state index in [9.17, 15) is 9.18 Å². The Bertz CT molecular complexity index is 158. The SMILES string of the molecule is CC(C)(F)C(=O)N1CCCN1. The van der Waals surface area contributed by atoms with Gasteiger partial charge < -0.3 is 0 Å². The highest BCUT2D eigenvalue weighted by atomic mass is 19.1. The van der Waals surface area contributed by atoms with Crippen molar-refractivity contribution in [3.63, 3.8) is 0 Å². The number of hydrazine groups is 1. The third-order valence-corrected chi connectivity index (χ3v) is 1.61. The monoisotopic (exact) mass is 160 g/mol. The van der Waals surface area contributed by atoms with Gasteiger partial charge in [-0.1, -0.05) is 0 Å². The van der Waals surface area contributed by atoms with Gasteiger partial charge in [0.25, 0.3) is 5.91 Å². The van der Waals surface area contributed by atoms with Gasteiger partial charge in [0, 0.05) is 13.1 Å². The van der Waals surface area contributed by atoms with Crippen LogP contribution >= 0.6 is 0 Å². The number of hydrogen-bond acceptors (Lipinski definition) is 2. The third-order valence-electron chi connectivity index (χ3n) is 1.61. The predicted octanol–water partition coefficient (Wildman–Crippen LogP) is 0.471. The molecule has 1 fully saturated rings. The Morgan fingerprint density at radius 1 is 1.64 bits per heavy atom. The zero-order valence-corrected chi connectivity index (χ0v) is 6.85. The first kappa shape index (κ1) is 8.46. The van der Waals surface area contributed by atoms with E-state index in [1.165, 1.54) is 18.9 Å². The lowest BCUT2D eigenvalue weighted by atomic mass is 10.1. The number of nitrogens with zero attached hydrogens (tertiary/aromatic N) is 1. The molecule has 0 radical (unpaired) electrons. The van der Waals surface area contributed by atoms with Gasteiger partial charge in [-0.2, -0.15) is 0 Å². The molecular weight excluding hydrogens is 147 g/mol. The van der Waals surface area contributed by atoms with Gasteiger partial charge in [-0.25, -0.2) is 9.82 Å². The number of amides is 1. The van der Waals surface area contributed by atoms with E-state index >= 15 is 0 Å². The standard InChI is InChI=1S/C7H13FN2O/c1-7(2,8)6(11)10-5-3-4-9-10/h9H,3-5H2,1-2H3. The molecule has 0 saturated carbocycles. The fraction of sp³-hybridized carbons (Fsp3) is 0.857. The topological polar surface area (TPSA) is 32.3 Å². The van der Waals surface area contributed by atoms with Crippen LogP contribution < -0.4 is 5.43 Å². The van der Waals surface area contributed by atoms with Gasteiger partial charge in [0.15, 0.2) is 5.67 Å². The van der Waals surface area contributed by atoms with E-state index in [0.717, 1.165) is 13.0 Å². The second-order valence-electron chi connectivity index (χ2n) is 3.19. The molecule has 64 valence electrons. The zero-order valence-electron chi connectivity index (χ0n) is 6.85. The minimum Gasteiger partial charge on any atom is -0.275 e. The summed E-state index contributed by atoms with van der Waals surface area (Å²) in [4.78, 5) is 11.2. The van der Waals surface area contributed by atoms with Crippen LogP contribution in [-0.4, -0.2) is 29.7 Å². The molecule has 3 nitrogen and oxygen atoms in total. The fourth-order valence-electron chi connectivity index (χ4n) is 1.02. The maximum absolute atomic E-state index is 13.0. The number of halogens is 1. The highest BCUT2D eigenvalue weighted by Crippen LogP contribution is 2.13. The number of alkyl halides is 1. The highest BCUT2D eigenvalue weighted by Gasteiger charge is 2.32. The van der Waals surface area contributed by atoms with E-state index in [4.69, 9.17) is 0 Å². The van der Waals surface area contributed by atoms with Crippen LogP contribution in [0.4, 0.5) is 4.39 Å². The summed E-state index contributed by atoms with van der Waals surface area (Å²) < 4.78 is 13.0. The summed E-state index contributed by atoms with van der Waals surface area (Å²) in [6, 6.07) is 0. The lowest BCUT2D eigenvalue weighted by molar-refractivity contribution is -0.143. The number of rotatable bonds is 1. The summed E-state index contributed by atoms with van der Waals surface area (Å²) >= 11 is 0. The van der Waals surface area contributed by atoms with E-state index in [1.54, 1.807) is 0 Å². The van der Waals surface area contributed by atoms with Gasteiger partial charge in [-0.15, -0.1) is 0 Å². The third kappa shape index (κ3) is 1.89. The van der Waals surface area contributed by atoms with Crippen LogP contribution in [0.25, 0.3) is 0 Å². The lowest BCUT2D eigenvalue weighted by Crippen LogP contribution is -2.46. The van der Waals surface area contributed by atoms with E-state index in [2.05, 4.69) is 5.43 Å². The highest BCUT2D eigenvalue weighted by molar-refractivity contribution is 5.83. The number of hydrogen-bond donors (Lipinski definition) is 1. The van der Waals surface area contributed by atoms with Crippen LogP contribution in [0.1, 0.15) is 20.3 Å². The lowest BCUT2D eigenvalue weighted by Gasteiger charge is -2.21. The molecule has 1 amide bonds. The molecule has 1 rings (SSSR count). The van der Waals surface area contributed by atoms with Crippen molar-refractivity contribution < 1.29 is 9.18 Å². The van der Waals surface area contributed by atoms with Gasteiger partial charge in [-0.05, 0) is 20.3 Å². The van der Waals surface area contributed by atoms with Crippen molar-refractivity contribution >= 4 is 5.91 Å². The van der Waals surface area contributed by atoms with Crippen LogP contribution in [0.5, 0.6) is 0 Å². The van der Waals surface area contributed by atoms with Crippen molar-refractivity contribution in [1.29, 1.82) is 0 Å². The van der Waals surface area contributed by atoms with Crippen LogP contribution in [0, 0.1) is 0 Å². The smallest absolute Gasteiger partial charge is 0.273 e. The Morgan fingerprint density at radius 3 is 2.64 bits per heavy atom. The molecule has 1 aliphatic rings. The van der Waals surface area contributed by atoms with Crippen LogP contribution in [0.3, 0.4) is 0 Å². The first-order chi connectivity index (χ1) is 5.02. The van der Waals surface area contributed by atoms with Crippen molar-refractivity contribution in [2.45, 2.75) is 25.9 Å². The maximum atomic E-state index is 13.0. The average Bonchev–Trinajstić information content (AvgIpc) is 2.34. The largest absolute Gasteiger partial charge is 0.275 e. The molecule has 1 aliphatic heterocycles. The first-order valence-electron chi connectivity index (χ1n) is 3.76. The summed E-state index contributed by atoms with van der Waals surface area (Å²) in [6.07, 6.45) is 0.905. The Kier molecular flexibility index (Phi) is 2.13. The normalized spacial score (nSPS) is 19.0. The summed E-state index contributed by atoms with van der Waals surface area (Å²) in [6.45, 7) is 3.93. The summed E-state index contributed by atoms with van der Waals surface area (Å²) in [7, 11) is 0. The van der Waals surface area contributed by atoms with Crippen LogP contribution in [0.2, 0.25) is 0 Å². The molecule has 4 heteroatoms. The Morgan fingerprint density at radius 2 is 2.27 bits per heavy atom. The molecule has 1 heterocycles. The van der Waals surface area contributed by atoms with Gasteiger partial charge in [0.1, 0.15) is 0 Å². The van der Waals surface area contributed by atoms with Crippen molar-refractivity contribution in [1.82, 2.24) is 10.4 Å². The predicted molar refractivity (Wildman–Crippen MR) is 39.5 cm³/mol. The van der Waals surface area contributed by atoms with Crippen molar-refractivity contribution in [3.8, 4) is 0 Å². The van der Waals surface area contributed by atoms with E-state index in [0.29, 0.717) is 6.54 Å². The number of carbonyl (C=O) groups excluding carboxylic acids is 1. The van der Waals surface area contributed by atoms with Crippen molar-refractivity contribution in [3.05, 3.63) is 0 Å². The molecule has 0 aliphatic carbocycles. The van der Waals surface area contributed by atoms with Crippen LogP contribution in [-0.2, 0) is 4.79 Å². The molecule has 11 heavy (non-hydrogen) atoms. The number of carbonyl (C=O) groups is 1. The molecule has 1 saturated heterocycles. The molecule has 0 aromatic rings. The second kappa shape index (κ2) is 2.77. The summed E-state index contributed by atoms with van der Waals surface area (Å²) in [5, 5.41) is 1.35. The fourth-order valence-corrected chi connectivity index (χ4v) is 1.02. The quantitative estimate of drug-likeness (QED) is 0.604. The minimum absolute atomic E-state index is 0.477. The molecular formula is C7H13FN2O. The van der Waals surface area contributed by atoms with Gasteiger partial charge >= 0.3 is 0 Å². The second-order valence-corrected chi connectivity index (χ2v) is 3.19. The van der Waals surface area contributed by atoms with E-state index in [1.807, 2.05) is 0 Å². The molecule has 0 aromatic heterocycles. The van der Waals surface area contributed by atoms with Crippen molar-refractivity contribution in [2.24, 2.45) is 0 Å². The Hall–Kier alpha value is -0.640. The maximum Gasteiger partial charge on any atom is 0.273 e.